The van der Waals surface area contributed by atoms with Gasteiger partial charge in [0.15, 0.2) is 0 Å². The molecule has 2 aromatic rings. The van der Waals surface area contributed by atoms with Gasteiger partial charge in [0.05, 0.1) is 11.2 Å². The molecule has 7 heteroatoms. The molecule has 0 radical (unpaired) electrons. The minimum atomic E-state index is -4.48. The normalized spacial score (nSPS) is 25.9. The number of halogens is 3. The van der Waals surface area contributed by atoms with E-state index in [1.54, 1.807) is 11.0 Å². The second kappa shape index (κ2) is 8.19. The number of hydrogen-bond acceptors (Lipinski definition) is 3. The Kier molecular flexibility index (Phi) is 5.73. The van der Waals surface area contributed by atoms with Crippen molar-refractivity contribution in [2.75, 3.05) is 0 Å². The molecular weight excluding hydrogens is 407 g/mol. The summed E-state index contributed by atoms with van der Waals surface area (Å²) < 4.78 is 45.7. The summed E-state index contributed by atoms with van der Waals surface area (Å²) in [6.45, 7) is 1.57. The summed E-state index contributed by atoms with van der Waals surface area (Å²) in [5, 5.41) is 11.5. The van der Waals surface area contributed by atoms with Crippen molar-refractivity contribution in [2.45, 2.75) is 69.5 Å². The summed E-state index contributed by atoms with van der Waals surface area (Å²) >= 11 is 0. The van der Waals surface area contributed by atoms with Gasteiger partial charge in [0, 0.05) is 24.9 Å². The number of benzene rings is 2. The lowest BCUT2D eigenvalue weighted by Gasteiger charge is -2.51. The number of carbonyl (C=O) groups excluding carboxylic acids is 1. The fourth-order valence-electron chi connectivity index (χ4n) is 5.19. The van der Waals surface area contributed by atoms with Crippen LogP contribution in [0.2, 0.25) is 0 Å². The number of nitrogens with zero attached hydrogens (tertiary/aromatic N) is 1. The second-order valence-electron chi connectivity index (χ2n) is 8.60. The van der Waals surface area contributed by atoms with Crippen molar-refractivity contribution in [1.29, 1.82) is 0 Å². The summed E-state index contributed by atoms with van der Waals surface area (Å²) in [4.78, 5) is 14.6. The van der Waals surface area contributed by atoms with Gasteiger partial charge in [-0.05, 0) is 48.9 Å². The molecule has 0 saturated carbocycles. The van der Waals surface area contributed by atoms with Crippen LogP contribution in [-0.4, -0.2) is 28.2 Å². The van der Waals surface area contributed by atoms with E-state index in [0.717, 1.165) is 18.1 Å². The van der Waals surface area contributed by atoms with Crippen molar-refractivity contribution in [3.05, 3.63) is 70.8 Å². The van der Waals surface area contributed by atoms with Gasteiger partial charge in [0.2, 0.25) is 0 Å². The first-order chi connectivity index (χ1) is 14.7. The highest BCUT2D eigenvalue weighted by atomic mass is 19.4. The van der Waals surface area contributed by atoms with Crippen LogP contribution in [0.5, 0.6) is 0 Å². The van der Waals surface area contributed by atoms with Crippen LogP contribution >= 0.6 is 0 Å². The Balaban J connectivity index is 1.55. The highest BCUT2D eigenvalue weighted by molar-refractivity contribution is 5.69. The van der Waals surface area contributed by atoms with Gasteiger partial charge in [-0.2, -0.15) is 13.2 Å². The molecule has 0 aliphatic carbocycles. The summed E-state index contributed by atoms with van der Waals surface area (Å²) in [5.41, 5.74) is -0.897. The highest BCUT2D eigenvalue weighted by Crippen LogP contribution is 2.47. The smallest absolute Gasteiger partial charge is 0.416 e. The van der Waals surface area contributed by atoms with E-state index in [0.29, 0.717) is 18.4 Å². The third-order valence-corrected chi connectivity index (χ3v) is 6.56. The van der Waals surface area contributed by atoms with Crippen molar-refractivity contribution in [1.82, 2.24) is 4.90 Å². The molecule has 2 aliphatic heterocycles. The minimum absolute atomic E-state index is 0.0516. The summed E-state index contributed by atoms with van der Waals surface area (Å²) in [5.74, 6) is 0. The van der Waals surface area contributed by atoms with Gasteiger partial charge >= 0.3 is 12.3 Å². The molecule has 2 aliphatic rings. The maximum atomic E-state index is 13.4. The topological polar surface area (TPSA) is 49.8 Å². The van der Waals surface area contributed by atoms with Crippen LogP contribution in [0.1, 0.15) is 54.4 Å². The quantitative estimate of drug-likeness (QED) is 0.690. The first-order valence-electron chi connectivity index (χ1n) is 10.6. The first-order valence-corrected chi connectivity index (χ1v) is 10.6. The molecule has 2 atom stereocenters. The molecule has 4 rings (SSSR count). The molecule has 1 N–H and O–H groups in total. The summed E-state index contributed by atoms with van der Waals surface area (Å²) in [7, 11) is 0. The molecule has 2 unspecified atom stereocenters. The van der Waals surface area contributed by atoms with Crippen molar-refractivity contribution in [3.8, 4) is 0 Å². The Morgan fingerprint density at radius 3 is 2.35 bits per heavy atom. The van der Waals surface area contributed by atoms with E-state index >= 15 is 0 Å². The molecule has 1 amide bonds. The molecular formula is C24H26F3NO3. The summed E-state index contributed by atoms with van der Waals surface area (Å²) in [6, 6.07) is 12.8. The molecule has 4 nitrogen and oxygen atoms in total. The Hall–Kier alpha value is -2.54. The number of piperidine rings is 2. The summed E-state index contributed by atoms with van der Waals surface area (Å²) in [6.07, 6.45) is -2.21. The van der Waals surface area contributed by atoms with Gasteiger partial charge in [-0.15, -0.1) is 0 Å². The lowest BCUT2D eigenvalue weighted by molar-refractivity contribution is -0.138. The third-order valence-electron chi connectivity index (χ3n) is 6.56. The monoisotopic (exact) mass is 433 g/mol. The van der Waals surface area contributed by atoms with Crippen molar-refractivity contribution < 1.29 is 27.8 Å². The zero-order valence-electron chi connectivity index (χ0n) is 17.4. The zero-order chi connectivity index (χ0) is 22.2. The number of amides is 1. The van der Waals surface area contributed by atoms with E-state index in [1.807, 2.05) is 30.3 Å². The average Bonchev–Trinajstić information content (AvgIpc) is 2.71. The largest absolute Gasteiger partial charge is 0.445 e. The predicted molar refractivity (Wildman–Crippen MR) is 109 cm³/mol. The van der Waals surface area contributed by atoms with Gasteiger partial charge in [0.25, 0.3) is 0 Å². The molecule has 2 saturated heterocycles. The Morgan fingerprint density at radius 1 is 1.10 bits per heavy atom. The fourth-order valence-corrected chi connectivity index (χ4v) is 5.19. The van der Waals surface area contributed by atoms with E-state index < -0.39 is 23.4 Å². The number of carbonyl (C=O) groups is 1. The van der Waals surface area contributed by atoms with E-state index in [9.17, 15) is 23.1 Å². The van der Waals surface area contributed by atoms with Crippen molar-refractivity contribution in [3.63, 3.8) is 0 Å². The van der Waals surface area contributed by atoms with Crippen LogP contribution in [0.3, 0.4) is 0 Å². The second-order valence-corrected chi connectivity index (χ2v) is 8.60. The average molecular weight is 433 g/mol. The number of alkyl halides is 3. The lowest BCUT2D eigenvalue weighted by atomic mass is 9.71. The van der Waals surface area contributed by atoms with Crippen LogP contribution in [0.4, 0.5) is 18.0 Å². The van der Waals surface area contributed by atoms with Crippen LogP contribution in [0.25, 0.3) is 0 Å². The third kappa shape index (κ3) is 4.28. The zero-order valence-corrected chi connectivity index (χ0v) is 17.4. The van der Waals surface area contributed by atoms with Crippen LogP contribution in [-0.2, 0) is 23.1 Å². The molecule has 166 valence electrons. The minimum Gasteiger partial charge on any atom is -0.445 e. The first kappa shape index (κ1) is 21.7. The Bertz CT molecular complexity index is 931. The van der Waals surface area contributed by atoms with Crippen LogP contribution < -0.4 is 0 Å². The number of fused-ring (bicyclic) bond motifs is 2. The Morgan fingerprint density at radius 2 is 1.74 bits per heavy atom. The van der Waals surface area contributed by atoms with Gasteiger partial charge in [0.1, 0.15) is 6.61 Å². The van der Waals surface area contributed by atoms with E-state index in [4.69, 9.17) is 4.74 Å². The van der Waals surface area contributed by atoms with Crippen molar-refractivity contribution >= 4 is 6.09 Å². The van der Waals surface area contributed by atoms with E-state index in [2.05, 4.69) is 0 Å². The van der Waals surface area contributed by atoms with E-state index in [1.165, 1.54) is 13.0 Å². The van der Waals surface area contributed by atoms with Gasteiger partial charge in [-0.25, -0.2) is 4.79 Å². The standard InChI is InChI=1S/C24H26F3NO3/c1-16-20(11-6-12-21(16)24(25,26)27)23(30)13-18-9-5-10-19(14-23)28(18)22(29)31-15-17-7-3-2-4-8-17/h2-4,6-8,11-12,18-19,30H,5,9-10,13-15H2,1H3. The number of ether oxygens (including phenoxy) is 1. The van der Waals surface area contributed by atoms with Gasteiger partial charge in [-0.1, -0.05) is 42.5 Å². The fraction of sp³-hybridized carbons (Fsp3) is 0.458. The highest BCUT2D eigenvalue weighted by Gasteiger charge is 2.49. The van der Waals surface area contributed by atoms with Gasteiger partial charge in [-0.3, -0.25) is 0 Å². The van der Waals surface area contributed by atoms with Crippen molar-refractivity contribution in [2.24, 2.45) is 0 Å². The predicted octanol–water partition coefficient (Wildman–Crippen LogP) is 5.56. The Labute approximate surface area is 179 Å². The lowest BCUT2D eigenvalue weighted by Crippen LogP contribution is -2.59. The van der Waals surface area contributed by atoms with E-state index in [-0.39, 0.29) is 37.1 Å². The van der Waals surface area contributed by atoms with Gasteiger partial charge < -0.3 is 14.7 Å². The maximum Gasteiger partial charge on any atom is 0.416 e. The van der Waals surface area contributed by atoms with Crippen LogP contribution in [0.15, 0.2) is 48.5 Å². The molecule has 2 aromatic carbocycles. The maximum absolute atomic E-state index is 13.4. The molecule has 2 fully saturated rings. The SMILES string of the molecule is Cc1c(C(F)(F)F)cccc1C1(O)CC2CCCC(C1)N2C(=O)OCc1ccccc1. The van der Waals surface area contributed by atoms with Crippen LogP contribution in [0, 0.1) is 6.92 Å². The number of hydrogen-bond donors (Lipinski definition) is 1. The molecule has 0 aromatic heterocycles. The number of rotatable bonds is 3. The molecule has 31 heavy (non-hydrogen) atoms. The molecule has 0 spiro atoms. The molecule has 2 heterocycles. The number of aliphatic hydroxyl groups is 1. The molecule has 2 bridgehead atoms.